The summed E-state index contributed by atoms with van der Waals surface area (Å²) in [6, 6.07) is 17.5. The van der Waals surface area contributed by atoms with Crippen LogP contribution >= 0.6 is 22.9 Å². The number of hydrogen-bond acceptors (Lipinski definition) is 4. The number of rotatable bonds is 7. The first-order valence-corrected chi connectivity index (χ1v) is 11.9. The lowest BCUT2D eigenvalue weighted by molar-refractivity contribution is 0.439. The van der Waals surface area contributed by atoms with Crippen LogP contribution in [0.25, 0.3) is 22.5 Å². The van der Waals surface area contributed by atoms with E-state index in [1.54, 1.807) is 35.9 Å². The molecule has 0 aliphatic rings. The Kier molecular flexibility index (Phi) is 5.79. The molecule has 3 N–H and O–H groups in total. The standard InChI is InChI=1S/C26H23ClN4OS/c1-26(15-19-4-2-10-29-19,16-20-5-3-13-33-20)25-30-23(17-8-11-28-12-9-17)24(31-25)18-6-7-21(27)22(32)14-18/h2-14,29,32H,15-16H2,1H3,(H,30,31). The third kappa shape index (κ3) is 4.45. The number of pyridine rings is 1. The number of halogens is 1. The minimum atomic E-state index is -0.287. The van der Waals surface area contributed by atoms with Gasteiger partial charge in [0.05, 0.1) is 16.4 Å². The van der Waals surface area contributed by atoms with E-state index in [0.29, 0.717) is 5.02 Å². The summed E-state index contributed by atoms with van der Waals surface area (Å²) in [7, 11) is 0. The Hall–Kier alpha value is -3.35. The normalized spacial score (nSPS) is 13.2. The van der Waals surface area contributed by atoms with Crippen LogP contribution in [0.4, 0.5) is 0 Å². The molecule has 0 radical (unpaired) electrons. The van der Waals surface area contributed by atoms with Gasteiger partial charge in [-0.3, -0.25) is 4.98 Å². The number of phenols is 1. The highest BCUT2D eigenvalue weighted by Crippen LogP contribution is 2.38. The number of aromatic hydroxyl groups is 1. The van der Waals surface area contributed by atoms with Crippen LogP contribution in [0, 0.1) is 0 Å². The van der Waals surface area contributed by atoms with Gasteiger partial charge >= 0.3 is 0 Å². The molecule has 0 spiro atoms. The van der Waals surface area contributed by atoms with Crippen molar-refractivity contribution in [2.75, 3.05) is 0 Å². The number of imidazole rings is 1. The second-order valence-electron chi connectivity index (χ2n) is 8.40. The van der Waals surface area contributed by atoms with Gasteiger partial charge in [0, 0.05) is 52.1 Å². The molecule has 1 aromatic carbocycles. The lowest BCUT2D eigenvalue weighted by atomic mass is 9.80. The molecular formula is C26H23ClN4OS. The van der Waals surface area contributed by atoms with Crippen LogP contribution < -0.4 is 0 Å². The lowest BCUT2D eigenvalue weighted by Crippen LogP contribution is -2.29. The van der Waals surface area contributed by atoms with E-state index in [1.807, 2.05) is 30.5 Å². The maximum Gasteiger partial charge on any atom is 0.134 e. The van der Waals surface area contributed by atoms with Gasteiger partial charge in [0.25, 0.3) is 0 Å². The van der Waals surface area contributed by atoms with Gasteiger partial charge in [-0.2, -0.15) is 0 Å². The van der Waals surface area contributed by atoms with Crippen molar-refractivity contribution in [3.05, 3.63) is 100.0 Å². The SMILES string of the molecule is CC(Cc1ccc[nH]1)(Cc1cccs1)c1nc(-c2ccc(Cl)c(O)c2)c(-c2ccncc2)[nH]1. The molecule has 0 bridgehead atoms. The summed E-state index contributed by atoms with van der Waals surface area (Å²) < 4.78 is 0. The van der Waals surface area contributed by atoms with Crippen LogP contribution in [0.5, 0.6) is 5.75 Å². The molecule has 0 fully saturated rings. The smallest absolute Gasteiger partial charge is 0.134 e. The molecule has 1 atom stereocenters. The number of aromatic amines is 2. The first-order valence-electron chi connectivity index (χ1n) is 10.7. The topological polar surface area (TPSA) is 77.6 Å². The largest absolute Gasteiger partial charge is 0.506 e. The molecule has 0 aliphatic heterocycles. The first-order chi connectivity index (χ1) is 16.0. The van der Waals surface area contributed by atoms with Gasteiger partial charge in [-0.1, -0.05) is 30.7 Å². The zero-order valence-electron chi connectivity index (χ0n) is 18.0. The predicted octanol–water partition coefficient (Wildman–Crippen LogP) is 6.63. The number of thiophene rings is 1. The Morgan fingerprint density at radius 2 is 1.88 bits per heavy atom. The molecule has 166 valence electrons. The summed E-state index contributed by atoms with van der Waals surface area (Å²) >= 11 is 7.83. The Bertz CT molecular complexity index is 1310. The van der Waals surface area contributed by atoms with Gasteiger partial charge in [-0.15, -0.1) is 11.3 Å². The minimum absolute atomic E-state index is 0.0344. The molecule has 5 aromatic rings. The second kappa shape index (κ2) is 8.89. The lowest BCUT2D eigenvalue weighted by Gasteiger charge is -2.27. The number of phenolic OH excluding ortho intramolecular Hbond substituents is 1. The zero-order valence-corrected chi connectivity index (χ0v) is 19.6. The Labute approximate surface area is 201 Å². The molecular weight excluding hydrogens is 452 g/mol. The molecule has 0 aliphatic carbocycles. The van der Waals surface area contributed by atoms with Crippen LogP contribution in [0.15, 0.2) is 78.6 Å². The van der Waals surface area contributed by atoms with Gasteiger partial charge in [0.2, 0.25) is 0 Å². The summed E-state index contributed by atoms with van der Waals surface area (Å²) in [4.78, 5) is 17.6. The molecule has 4 aromatic heterocycles. The molecule has 5 rings (SSSR count). The van der Waals surface area contributed by atoms with Crippen LogP contribution in [0.3, 0.4) is 0 Å². The summed E-state index contributed by atoms with van der Waals surface area (Å²) in [5.74, 6) is 0.925. The molecule has 5 nitrogen and oxygen atoms in total. The molecule has 33 heavy (non-hydrogen) atoms. The highest BCUT2D eigenvalue weighted by atomic mass is 35.5. The fourth-order valence-electron chi connectivity index (χ4n) is 4.18. The van der Waals surface area contributed by atoms with E-state index in [9.17, 15) is 5.11 Å². The van der Waals surface area contributed by atoms with E-state index in [0.717, 1.165) is 46.9 Å². The average molecular weight is 475 g/mol. The van der Waals surface area contributed by atoms with Gasteiger partial charge in [-0.25, -0.2) is 4.98 Å². The third-order valence-corrected chi connectivity index (χ3v) is 7.05. The molecule has 1 unspecified atom stereocenters. The average Bonchev–Trinajstić information content (AvgIpc) is 3.58. The van der Waals surface area contributed by atoms with Crippen LogP contribution in [-0.4, -0.2) is 25.0 Å². The maximum absolute atomic E-state index is 10.2. The number of aromatic nitrogens is 4. The van der Waals surface area contributed by atoms with E-state index >= 15 is 0 Å². The summed E-state index contributed by atoms with van der Waals surface area (Å²) in [6.07, 6.45) is 7.13. The molecule has 0 saturated heterocycles. The fraction of sp³-hybridized carbons (Fsp3) is 0.154. The van der Waals surface area contributed by atoms with Crippen molar-refractivity contribution in [1.29, 1.82) is 0 Å². The van der Waals surface area contributed by atoms with Gasteiger partial charge in [0.15, 0.2) is 0 Å². The Balaban J connectivity index is 1.66. The number of nitrogens with one attached hydrogen (secondary N) is 2. The zero-order chi connectivity index (χ0) is 22.8. The van der Waals surface area contributed by atoms with Crippen molar-refractivity contribution in [2.45, 2.75) is 25.2 Å². The maximum atomic E-state index is 10.2. The Morgan fingerprint density at radius 3 is 2.58 bits per heavy atom. The molecule has 4 heterocycles. The van der Waals surface area contributed by atoms with Crippen LogP contribution in [0.2, 0.25) is 5.02 Å². The van der Waals surface area contributed by atoms with Crippen molar-refractivity contribution >= 4 is 22.9 Å². The summed E-state index contributed by atoms with van der Waals surface area (Å²) in [5, 5.41) is 12.7. The predicted molar refractivity (Wildman–Crippen MR) is 134 cm³/mol. The van der Waals surface area contributed by atoms with Gasteiger partial charge < -0.3 is 15.1 Å². The number of nitrogens with zero attached hydrogens (tertiary/aromatic N) is 2. The third-order valence-electron chi connectivity index (χ3n) is 5.85. The number of H-pyrrole nitrogens is 2. The number of hydrogen-bond donors (Lipinski definition) is 3. The second-order valence-corrected chi connectivity index (χ2v) is 9.84. The van der Waals surface area contributed by atoms with Gasteiger partial charge in [-0.05, 0) is 54.3 Å². The fourth-order valence-corrected chi connectivity index (χ4v) is 5.19. The highest BCUT2D eigenvalue weighted by Gasteiger charge is 2.33. The van der Waals surface area contributed by atoms with Crippen molar-refractivity contribution in [3.63, 3.8) is 0 Å². The number of benzene rings is 1. The summed E-state index contributed by atoms with van der Waals surface area (Å²) in [6.45, 7) is 2.24. The first kappa shape index (κ1) is 21.5. The van der Waals surface area contributed by atoms with E-state index in [-0.39, 0.29) is 11.2 Å². The van der Waals surface area contributed by atoms with E-state index in [4.69, 9.17) is 16.6 Å². The molecule has 0 saturated carbocycles. The monoisotopic (exact) mass is 474 g/mol. The van der Waals surface area contributed by atoms with Crippen molar-refractivity contribution in [1.82, 2.24) is 19.9 Å². The highest BCUT2D eigenvalue weighted by molar-refractivity contribution is 7.09. The van der Waals surface area contributed by atoms with E-state index in [1.165, 1.54) is 4.88 Å². The molecule has 7 heteroatoms. The minimum Gasteiger partial charge on any atom is -0.506 e. The van der Waals surface area contributed by atoms with Gasteiger partial charge in [0.1, 0.15) is 11.6 Å². The van der Waals surface area contributed by atoms with Crippen molar-refractivity contribution < 1.29 is 5.11 Å². The summed E-state index contributed by atoms with van der Waals surface area (Å²) in [5.41, 5.74) is 4.30. The molecule has 0 amide bonds. The van der Waals surface area contributed by atoms with Crippen molar-refractivity contribution in [3.8, 4) is 28.3 Å². The van der Waals surface area contributed by atoms with Crippen LogP contribution in [-0.2, 0) is 18.3 Å². The van der Waals surface area contributed by atoms with E-state index in [2.05, 4.69) is 45.5 Å². The quantitative estimate of drug-likeness (QED) is 0.247. The van der Waals surface area contributed by atoms with E-state index < -0.39 is 0 Å². The Morgan fingerprint density at radius 1 is 1.03 bits per heavy atom. The van der Waals surface area contributed by atoms with Crippen LogP contribution in [0.1, 0.15) is 23.3 Å². The van der Waals surface area contributed by atoms with Crippen molar-refractivity contribution in [2.24, 2.45) is 0 Å².